The van der Waals surface area contributed by atoms with Crippen molar-refractivity contribution < 1.29 is 29.3 Å². The van der Waals surface area contributed by atoms with Gasteiger partial charge in [0, 0.05) is 43.2 Å². The van der Waals surface area contributed by atoms with Crippen LogP contribution >= 0.6 is 0 Å². The second-order valence-corrected chi connectivity index (χ2v) is 16.7. The number of aliphatic hydroxyl groups excluding tert-OH is 1. The van der Waals surface area contributed by atoms with Crippen LogP contribution in [-0.4, -0.2) is 82.4 Å². The van der Waals surface area contributed by atoms with Gasteiger partial charge in [-0.25, -0.2) is 4.79 Å². The molecule has 2 unspecified atom stereocenters. The van der Waals surface area contributed by atoms with Gasteiger partial charge in [0.2, 0.25) is 5.56 Å². The number of hydrogen-bond acceptors (Lipinski definition) is 9. The second kappa shape index (κ2) is 20.1. The lowest BCUT2D eigenvalue weighted by atomic mass is 9.86. The maximum absolute atomic E-state index is 14.0. The summed E-state index contributed by atoms with van der Waals surface area (Å²) < 4.78 is 12.3. The zero-order valence-electron chi connectivity index (χ0n) is 35.5. The molecule has 0 saturated carbocycles. The molecule has 4 heterocycles. The number of aryl methyl sites for hydroxylation is 1. The van der Waals surface area contributed by atoms with E-state index in [1.807, 2.05) is 115 Å². The Hall–Kier alpha value is -6.47. The summed E-state index contributed by atoms with van der Waals surface area (Å²) in [5, 5.41) is 28.2. The van der Waals surface area contributed by atoms with Crippen LogP contribution in [-0.2, 0) is 17.9 Å². The van der Waals surface area contributed by atoms with Crippen LogP contribution in [0.15, 0.2) is 132 Å². The summed E-state index contributed by atoms with van der Waals surface area (Å²) in [5.41, 5.74) is 5.98. The van der Waals surface area contributed by atoms with Gasteiger partial charge in [-0.3, -0.25) is 14.5 Å². The van der Waals surface area contributed by atoms with Gasteiger partial charge >= 0.3 is 6.09 Å². The van der Waals surface area contributed by atoms with Crippen molar-refractivity contribution >= 4 is 22.9 Å². The molecule has 1 aromatic heterocycles. The Bertz CT molecular complexity index is 2540. The SMILES string of the molecule is Cc1ccc(CN(CCCNCC(O)c2ccc(O)c3[nH]c(=O)ccc23)C(=O)c2ccc(COc3cccc([C@@H](NC(=O)OC4CN5CCC4CC5)c4ccccc4)c3)cc2)cc1. The Morgan fingerprint density at radius 2 is 1.62 bits per heavy atom. The molecule has 3 aliphatic heterocycles. The molecule has 12 nitrogen and oxygen atoms in total. The number of piperidine rings is 3. The molecule has 3 saturated heterocycles. The van der Waals surface area contributed by atoms with Crippen LogP contribution in [0.5, 0.6) is 11.5 Å². The van der Waals surface area contributed by atoms with E-state index in [1.54, 1.807) is 12.1 Å². The first-order valence-electron chi connectivity index (χ1n) is 21.8. The predicted octanol–water partition coefficient (Wildman–Crippen LogP) is 7.39. The molecule has 3 atom stereocenters. The summed E-state index contributed by atoms with van der Waals surface area (Å²) in [5.74, 6) is 0.915. The number of carbonyl (C=O) groups is 2. The quantitative estimate of drug-likeness (QED) is 0.0591. The van der Waals surface area contributed by atoms with Gasteiger partial charge < -0.3 is 40.2 Å². The Labute approximate surface area is 367 Å². The molecular weight excluding hydrogens is 795 g/mol. The van der Waals surface area contributed by atoms with Crippen LogP contribution in [0.2, 0.25) is 0 Å². The van der Waals surface area contributed by atoms with Crippen molar-refractivity contribution in [1.29, 1.82) is 0 Å². The average molecular weight is 850 g/mol. The molecule has 63 heavy (non-hydrogen) atoms. The molecule has 3 aliphatic rings. The second-order valence-electron chi connectivity index (χ2n) is 16.7. The highest BCUT2D eigenvalue weighted by molar-refractivity contribution is 5.94. The first-order chi connectivity index (χ1) is 30.7. The molecule has 0 aliphatic carbocycles. The highest BCUT2D eigenvalue weighted by Gasteiger charge is 2.37. The van der Waals surface area contributed by atoms with Crippen molar-refractivity contribution in [2.75, 3.05) is 39.3 Å². The molecule has 326 valence electrons. The van der Waals surface area contributed by atoms with E-state index in [9.17, 15) is 24.6 Å². The van der Waals surface area contributed by atoms with Crippen LogP contribution in [0.3, 0.4) is 0 Å². The topological polar surface area (TPSA) is 156 Å². The van der Waals surface area contributed by atoms with Crippen LogP contribution < -0.4 is 20.9 Å². The van der Waals surface area contributed by atoms with Gasteiger partial charge in [0.15, 0.2) is 0 Å². The fourth-order valence-corrected chi connectivity index (χ4v) is 8.67. The number of hydrogen-bond donors (Lipinski definition) is 5. The first-order valence-corrected chi connectivity index (χ1v) is 21.8. The van der Waals surface area contributed by atoms with Crippen molar-refractivity contribution in [3.63, 3.8) is 0 Å². The number of nitrogens with zero attached hydrogens (tertiary/aromatic N) is 2. The molecule has 6 aromatic rings. The number of aromatic nitrogens is 1. The highest BCUT2D eigenvalue weighted by atomic mass is 16.6. The number of rotatable bonds is 17. The number of benzene rings is 5. The largest absolute Gasteiger partial charge is 0.506 e. The van der Waals surface area contributed by atoms with Gasteiger partial charge in [-0.05, 0) is 116 Å². The van der Waals surface area contributed by atoms with Gasteiger partial charge in [-0.2, -0.15) is 0 Å². The van der Waals surface area contributed by atoms with Gasteiger partial charge in [0.25, 0.3) is 5.91 Å². The van der Waals surface area contributed by atoms with Crippen molar-refractivity contribution in [2.45, 2.75) is 57.6 Å². The Balaban J connectivity index is 0.877. The van der Waals surface area contributed by atoms with Crippen molar-refractivity contribution in [2.24, 2.45) is 5.92 Å². The molecule has 0 radical (unpaired) electrons. The first kappa shape index (κ1) is 43.2. The number of phenolic OH excluding ortho intramolecular Hbond substituents is 1. The molecule has 5 N–H and O–H groups in total. The minimum absolute atomic E-state index is 0.0589. The summed E-state index contributed by atoms with van der Waals surface area (Å²) in [7, 11) is 0. The van der Waals surface area contributed by atoms with E-state index in [2.05, 4.69) is 20.5 Å². The van der Waals surface area contributed by atoms with E-state index in [0.29, 0.717) is 54.2 Å². The zero-order valence-corrected chi connectivity index (χ0v) is 35.5. The van der Waals surface area contributed by atoms with Crippen molar-refractivity contribution in [3.8, 4) is 11.5 Å². The van der Waals surface area contributed by atoms with Crippen molar-refractivity contribution in [3.05, 3.63) is 177 Å². The number of phenols is 1. The summed E-state index contributed by atoms with van der Waals surface area (Å²) in [4.78, 5) is 46.0. The Kier molecular flexibility index (Phi) is 13.8. The van der Waals surface area contributed by atoms with E-state index >= 15 is 0 Å². The summed E-state index contributed by atoms with van der Waals surface area (Å²) >= 11 is 0. The standard InChI is InChI=1S/C51H55N5O7/c1-34-11-13-35(14-12-34)31-56(26-6-25-52-30-45(58)42-19-21-44(57)49-43(42)20-22-47(59)53-49)50(60)39-17-15-36(16-18-39)33-62-41-10-5-9-40(29-41)48(38-7-3-2-4-8-38)54-51(61)63-46-32-55-27-23-37(46)24-28-55/h2-5,7-22,29,37,45-46,48,52,57-58H,6,23-28,30-33H2,1H3,(H,53,59)(H,54,61)/t45?,46?,48-/m0/s1. The molecule has 0 spiro atoms. The van der Waals surface area contributed by atoms with E-state index in [1.165, 1.54) is 12.1 Å². The number of H-pyrrole nitrogens is 1. The van der Waals surface area contributed by atoms with E-state index in [0.717, 1.165) is 60.3 Å². The molecule has 2 amide bonds. The van der Waals surface area contributed by atoms with E-state index < -0.39 is 18.2 Å². The van der Waals surface area contributed by atoms with Gasteiger partial charge in [-0.15, -0.1) is 0 Å². The van der Waals surface area contributed by atoms with Gasteiger partial charge in [-0.1, -0.05) is 90.5 Å². The number of amides is 2. The lowest BCUT2D eigenvalue weighted by Crippen LogP contribution is -2.52. The number of alkyl carbamates (subject to hydrolysis) is 1. The Morgan fingerprint density at radius 3 is 2.37 bits per heavy atom. The monoisotopic (exact) mass is 849 g/mol. The lowest BCUT2D eigenvalue weighted by Gasteiger charge is -2.43. The maximum Gasteiger partial charge on any atom is 0.408 e. The number of pyridine rings is 1. The van der Waals surface area contributed by atoms with Crippen LogP contribution in [0.4, 0.5) is 4.79 Å². The molecule has 9 rings (SSSR count). The fourth-order valence-electron chi connectivity index (χ4n) is 8.67. The van der Waals surface area contributed by atoms with Crippen LogP contribution in [0.25, 0.3) is 10.9 Å². The number of carbonyl (C=O) groups excluding carboxylic acids is 2. The molecular formula is C51H55N5O7. The number of fused-ring (bicyclic) bond motifs is 4. The third-order valence-electron chi connectivity index (χ3n) is 12.2. The summed E-state index contributed by atoms with van der Waals surface area (Å²) in [6, 6.07) is 38.9. The minimum Gasteiger partial charge on any atom is -0.506 e. The third-order valence-corrected chi connectivity index (χ3v) is 12.2. The smallest absolute Gasteiger partial charge is 0.408 e. The van der Waals surface area contributed by atoms with E-state index in [-0.39, 0.29) is 42.0 Å². The van der Waals surface area contributed by atoms with E-state index in [4.69, 9.17) is 9.47 Å². The molecule has 5 aromatic carbocycles. The number of aliphatic hydroxyl groups is 1. The lowest BCUT2D eigenvalue weighted by molar-refractivity contribution is -0.0336. The third kappa shape index (κ3) is 11.0. The molecule has 2 bridgehead atoms. The molecule has 3 fully saturated rings. The summed E-state index contributed by atoms with van der Waals surface area (Å²) in [6.45, 7) is 6.97. The maximum atomic E-state index is 14.0. The van der Waals surface area contributed by atoms with Gasteiger partial charge in [0.1, 0.15) is 24.2 Å². The number of ether oxygens (including phenoxy) is 2. The number of nitrogens with one attached hydrogen (secondary N) is 3. The average Bonchev–Trinajstić information content (AvgIpc) is 3.31. The van der Waals surface area contributed by atoms with Crippen LogP contribution in [0, 0.1) is 12.8 Å². The van der Waals surface area contributed by atoms with Crippen molar-refractivity contribution in [1.82, 2.24) is 25.4 Å². The zero-order chi connectivity index (χ0) is 43.7. The molecule has 12 heteroatoms. The number of aromatic amines is 1. The minimum atomic E-state index is -0.880. The summed E-state index contributed by atoms with van der Waals surface area (Å²) in [6.07, 6.45) is 1.37. The highest BCUT2D eigenvalue weighted by Crippen LogP contribution is 2.32. The fraction of sp³-hybridized carbons (Fsp3) is 0.314. The normalized spacial score (nSPS) is 17.8. The predicted molar refractivity (Wildman–Crippen MR) is 243 cm³/mol. The number of aromatic hydroxyl groups is 1. The van der Waals surface area contributed by atoms with Gasteiger partial charge in [0.05, 0.1) is 17.7 Å². The van der Waals surface area contributed by atoms with Crippen LogP contribution in [0.1, 0.15) is 75.1 Å². The Morgan fingerprint density at radius 1 is 0.873 bits per heavy atom.